The molecule has 0 saturated carbocycles. The number of likely N-dealkylation sites (tertiary alicyclic amines) is 1. The van der Waals surface area contributed by atoms with E-state index in [0.717, 1.165) is 55.0 Å². The van der Waals surface area contributed by atoms with Crippen LogP contribution in [-0.2, 0) is 6.54 Å². The van der Waals surface area contributed by atoms with Gasteiger partial charge in [0, 0.05) is 32.2 Å². The number of rotatable bonds is 6. The fourth-order valence-corrected chi connectivity index (χ4v) is 3.78. The van der Waals surface area contributed by atoms with Gasteiger partial charge in [-0.05, 0) is 42.7 Å². The van der Waals surface area contributed by atoms with E-state index in [4.69, 9.17) is 10.7 Å². The Balaban J connectivity index is 1.56. The summed E-state index contributed by atoms with van der Waals surface area (Å²) in [6, 6.07) is 15.2. The van der Waals surface area contributed by atoms with Crippen LogP contribution in [0, 0.1) is 5.82 Å². The monoisotopic (exact) mass is 367 g/mol. The van der Waals surface area contributed by atoms with Crippen molar-refractivity contribution in [2.45, 2.75) is 25.4 Å². The van der Waals surface area contributed by atoms with E-state index in [1.54, 1.807) is 0 Å². The quantitative estimate of drug-likeness (QED) is 0.703. The van der Waals surface area contributed by atoms with Crippen LogP contribution >= 0.6 is 0 Å². The Morgan fingerprint density at radius 3 is 2.56 bits per heavy atom. The summed E-state index contributed by atoms with van der Waals surface area (Å²) in [5.41, 5.74) is 8.79. The lowest BCUT2D eigenvalue weighted by atomic mass is 10.1. The molecule has 0 unspecified atom stereocenters. The number of para-hydroxylation sites is 2. The van der Waals surface area contributed by atoms with Gasteiger partial charge in [0.05, 0.1) is 17.6 Å². The number of imidazole rings is 1. The number of nitrogens with two attached hydrogens (primary N) is 1. The SMILES string of the molecule is NCCN1CCC(Nc2nc3ccccc3n2Cc2ccc(F)cc2)CC1. The molecule has 0 amide bonds. The number of hydrogen-bond donors (Lipinski definition) is 2. The minimum atomic E-state index is -0.211. The Kier molecular flexibility index (Phi) is 5.36. The van der Waals surface area contributed by atoms with Gasteiger partial charge >= 0.3 is 0 Å². The van der Waals surface area contributed by atoms with Crippen molar-refractivity contribution in [1.29, 1.82) is 0 Å². The first-order valence-electron chi connectivity index (χ1n) is 9.61. The lowest BCUT2D eigenvalue weighted by Gasteiger charge is -2.32. The van der Waals surface area contributed by atoms with Crippen molar-refractivity contribution in [3.8, 4) is 0 Å². The van der Waals surface area contributed by atoms with Gasteiger partial charge in [0.1, 0.15) is 5.82 Å². The van der Waals surface area contributed by atoms with E-state index in [0.29, 0.717) is 19.1 Å². The summed E-state index contributed by atoms with van der Waals surface area (Å²) in [7, 11) is 0. The van der Waals surface area contributed by atoms with Gasteiger partial charge in [-0.3, -0.25) is 0 Å². The predicted molar refractivity (Wildman–Crippen MR) is 107 cm³/mol. The van der Waals surface area contributed by atoms with Crippen LogP contribution in [0.25, 0.3) is 11.0 Å². The minimum Gasteiger partial charge on any atom is -0.353 e. The van der Waals surface area contributed by atoms with Gasteiger partial charge < -0.3 is 20.5 Å². The summed E-state index contributed by atoms with van der Waals surface area (Å²) in [5.74, 6) is 0.676. The Labute approximate surface area is 159 Å². The van der Waals surface area contributed by atoms with Crippen LogP contribution < -0.4 is 11.1 Å². The van der Waals surface area contributed by atoms with Gasteiger partial charge in [-0.2, -0.15) is 0 Å². The second kappa shape index (κ2) is 8.06. The zero-order chi connectivity index (χ0) is 18.6. The molecule has 0 aliphatic carbocycles. The number of halogens is 1. The Morgan fingerprint density at radius 2 is 1.81 bits per heavy atom. The first-order valence-corrected chi connectivity index (χ1v) is 9.61. The van der Waals surface area contributed by atoms with Crippen molar-refractivity contribution in [1.82, 2.24) is 14.5 Å². The number of fused-ring (bicyclic) bond motifs is 1. The zero-order valence-electron chi connectivity index (χ0n) is 15.4. The van der Waals surface area contributed by atoms with E-state index < -0.39 is 0 Å². The molecule has 3 N–H and O–H groups in total. The number of aromatic nitrogens is 2. The number of nitrogens with one attached hydrogen (secondary N) is 1. The van der Waals surface area contributed by atoms with Gasteiger partial charge in [0.2, 0.25) is 5.95 Å². The lowest BCUT2D eigenvalue weighted by molar-refractivity contribution is 0.224. The number of anilines is 1. The molecular formula is C21H26FN5. The maximum Gasteiger partial charge on any atom is 0.204 e. The second-order valence-corrected chi connectivity index (χ2v) is 7.19. The molecule has 0 atom stereocenters. The highest BCUT2D eigenvalue weighted by atomic mass is 19.1. The van der Waals surface area contributed by atoms with Gasteiger partial charge in [-0.1, -0.05) is 24.3 Å². The molecular weight excluding hydrogens is 341 g/mol. The summed E-state index contributed by atoms with van der Waals surface area (Å²) in [4.78, 5) is 7.24. The van der Waals surface area contributed by atoms with Crippen LogP contribution in [0.4, 0.5) is 10.3 Å². The molecule has 6 heteroatoms. The van der Waals surface area contributed by atoms with Crippen LogP contribution in [-0.4, -0.2) is 46.7 Å². The molecule has 0 spiro atoms. The predicted octanol–water partition coefficient (Wildman–Crippen LogP) is 3.06. The first kappa shape index (κ1) is 17.9. The summed E-state index contributed by atoms with van der Waals surface area (Å²) in [5, 5.41) is 3.65. The summed E-state index contributed by atoms with van der Waals surface area (Å²) < 4.78 is 15.4. The second-order valence-electron chi connectivity index (χ2n) is 7.19. The molecule has 27 heavy (non-hydrogen) atoms. The standard InChI is InChI=1S/C21H26FN5/c22-17-7-5-16(6-8-17)15-27-20-4-2-1-3-19(20)25-21(27)24-18-9-12-26(13-10-18)14-11-23/h1-8,18H,9-15,23H2,(H,24,25). The van der Waals surface area contributed by atoms with Gasteiger partial charge in [-0.25, -0.2) is 9.37 Å². The van der Waals surface area contributed by atoms with Gasteiger partial charge in [-0.15, -0.1) is 0 Å². The van der Waals surface area contributed by atoms with Crippen LogP contribution in [0.1, 0.15) is 18.4 Å². The summed E-state index contributed by atoms with van der Waals surface area (Å²) >= 11 is 0. The highest BCUT2D eigenvalue weighted by Crippen LogP contribution is 2.23. The van der Waals surface area contributed by atoms with E-state index in [1.165, 1.54) is 12.1 Å². The highest BCUT2D eigenvalue weighted by Gasteiger charge is 2.21. The van der Waals surface area contributed by atoms with Crippen molar-refractivity contribution in [3.05, 3.63) is 59.9 Å². The minimum absolute atomic E-state index is 0.211. The molecule has 0 bridgehead atoms. The van der Waals surface area contributed by atoms with E-state index in [1.807, 2.05) is 30.3 Å². The lowest BCUT2D eigenvalue weighted by Crippen LogP contribution is -2.41. The molecule has 2 aromatic carbocycles. The molecule has 1 fully saturated rings. The smallest absolute Gasteiger partial charge is 0.204 e. The van der Waals surface area contributed by atoms with Gasteiger partial charge in [0.25, 0.3) is 0 Å². The van der Waals surface area contributed by atoms with E-state index >= 15 is 0 Å². The maximum absolute atomic E-state index is 13.2. The molecule has 1 aliphatic rings. The van der Waals surface area contributed by atoms with Gasteiger partial charge in [0.15, 0.2) is 0 Å². The number of benzene rings is 2. The van der Waals surface area contributed by atoms with Crippen LogP contribution in [0.3, 0.4) is 0 Å². The Bertz CT molecular complexity index is 881. The summed E-state index contributed by atoms with van der Waals surface area (Å²) in [6.07, 6.45) is 2.17. The van der Waals surface area contributed by atoms with E-state index in [9.17, 15) is 4.39 Å². The molecule has 4 rings (SSSR count). The molecule has 1 aromatic heterocycles. The number of nitrogens with zero attached hydrogens (tertiary/aromatic N) is 3. The molecule has 0 radical (unpaired) electrons. The summed E-state index contributed by atoms with van der Waals surface area (Å²) in [6.45, 7) is 4.47. The molecule has 142 valence electrons. The topological polar surface area (TPSA) is 59.1 Å². The van der Waals surface area contributed by atoms with Crippen LogP contribution in [0.5, 0.6) is 0 Å². The Hall–Kier alpha value is -2.44. The fourth-order valence-electron chi connectivity index (χ4n) is 3.78. The van der Waals surface area contributed by atoms with Crippen molar-refractivity contribution in [2.75, 3.05) is 31.5 Å². The highest BCUT2D eigenvalue weighted by molar-refractivity contribution is 5.78. The fraction of sp³-hybridized carbons (Fsp3) is 0.381. The van der Waals surface area contributed by atoms with E-state index in [-0.39, 0.29) is 5.82 Å². The average molecular weight is 367 g/mol. The third-order valence-electron chi connectivity index (χ3n) is 5.27. The Morgan fingerprint density at radius 1 is 1.07 bits per heavy atom. The molecule has 5 nitrogen and oxygen atoms in total. The van der Waals surface area contributed by atoms with Crippen molar-refractivity contribution in [2.24, 2.45) is 5.73 Å². The number of hydrogen-bond acceptors (Lipinski definition) is 4. The third-order valence-corrected chi connectivity index (χ3v) is 5.27. The van der Waals surface area contributed by atoms with Crippen molar-refractivity contribution >= 4 is 17.0 Å². The maximum atomic E-state index is 13.2. The molecule has 2 heterocycles. The molecule has 3 aromatic rings. The normalized spacial score (nSPS) is 16.1. The van der Waals surface area contributed by atoms with E-state index in [2.05, 4.69) is 20.9 Å². The van der Waals surface area contributed by atoms with Crippen LogP contribution in [0.2, 0.25) is 0 Å². The largest absolute Gasteiger partial charge is 0.353 e. The molecule has 1 aliphatic heterocycles. The first-order chi connectivity index (χ1) is 13.2. The van der Waals surface area contributed by atoms with Crippen LogP contribution in [0.15, 0.2) is 48.5 Å². The van der Waals surface area contributed by atoms with Crippen molar-refractivity contribution in [3.63, 3.8) is 0 Å². The average Bonchev–Trinajstić information content (AvgIpc) is 3.02. The number of piperidine rings is 1. The zero-order valence-corrected chi connectivity index (χ0v) is 15.4. The third kappa shape index (κ3) is 4.12. The molecule has 1 saturated heterocycles. The van der Waals surface area contributed by atoms with Crippen molar-refractivity contribution < 1.29 is 4.39 Å².